The van der Waals surface area contributed by atoms with Crippen molar-refractivity contribution in [1.29, 1.82) is 0 Å². The SMILES string of the molecule is CCC(C)O.Cl.c1c[nH]cn1. The summed E-state index contributed by atoms with van der Waals surface area (Å²) in [4.78, 5) is 6.42. The molecular formula is C7H15ClN2O. The number of nitrogens with one attached hydrogen (secondary N) is 1. The maximum absolute atomic E-state index is 8.36. The summed E-state index contributed by atoms with van der Waals surface area (Å²) in [7, 11) is 0. The molecule has 1 aromatic heterocycles. The fraction of sp³-hybridized carbons (Fsp3) is 0.571. The van der Waals surface area contributed by atoms with Crippen molar-refractivity contribution >= 4 is 12.4 Å². The molecule has 4 heteroatoms. The first-order valence-electron chi connectivity index (χ1n) is 3.38. The predicted octanol–water partition coefficient (Wildman–Crippen LogP) is 1.61. The first-order chi connectivity index (χ1) is 4.77. The van der Waals surface area contributed by atoms with E-state index in [1.807, 2.05) is 6.92 Å². The Morgan fingerprint density at radius 3 is 2.27 bits per heavy atom. The van der Waals surface area contributed by atoms with Gasteiger partial charge in [-0.25, -0.2) is 4.98 Å². The van der Waals surface area contributed by atoms with Gasteiger partial charge in [0.1, 0.15) is 0 Å². The lowest BCUT2D eigenvalue weighted by Crippen LogP contribution is -1.93. The highest BCUT2D eigenvalue weighted by molar-refractivity contribution is 5.85. The van der Waals surface area contributed by atoms with Crippen LogP contribution in [0.1, 0.15) is 20.3 Å². The summed E-state index contributed by atoms with van der Waals surface area (Å²) in [6.07, 6.45) is 5.83. The lowest BCUT2D eigenvalue weighted by Gasteiger charge is -1.90. The number of aliphatic hydroxyl groups is 1. The van der Waals surface area contributed by atoms with Crippen LogP contribution in [0.3, 0.4) is 0 Å². The molecule has 1 unspecified atom stereocenters. The number of H-pyrrole nitrogens is 1. The molecule has 0 radical (unpaired) electrons. The van der Waals surface area contributed by atoms with Crippen LogP contribution in [-0.4, -0.2) is 21.2 Å². The Balaban J connectivity index is 0. The molecule has 0 aliphatic heterocycles. The molecule has 0 aromatic carbocycles. The molecule has 2 N–H and O–H groups in total. The van der Waals surface area contributed by atoms with Crippen LogP contribution in [-0.2, 0) is 0 Å². The fourth-order valence-corrected chi connectivity index (χ4v) is 0.215. The van der Waals surface area contributed by atoms with E-state index in [0.29, 0.717) is 0 Å². The van der Waals surface area contributed by atoms with Crippen molar-refractivity contribution in [3.63, 3.8) is 0 Å². The molecule has 0 aliphatic carbocycles. The monoisotopic (exact) mass is 178 g/mol. The van der Waals surface area contributed by atoms with Crippen LogP contribution in [0.25, 0.3) is 0 Å². The number of hydrogen-bond donors (Lipinski definition) is 2. The fourth-order valence-electron chi connectivity index (χ4n) is 0.215. The van der Waals surface area contributed by atoms with Crippen LogP contribution < -0.4 is 0 Å². The Morgan fingerprint density at radius 2 is 2.18 bits per heavy atom. The average molecular weight is 179 g/mol. The molecule has 66 valence electrons. The van der Waals surface area contributed by atoms with Crippen LogP contribution in [0, 0.1) is 0 Å². The van der Waals surface area contributed by atoms with E-state index in [9.17, 15) is 0 Å². The molecule has 0 saturated heterocycles. The van der Waals surface area contributed by atoms with Crippen molar-refractivity contribution in [2.75, 3.05) is 0 Å². The molecule has 1 atom stereocenters. The summed E-state index contributed by atoms with van der Waals surface area (Å²) < 4.78 is 0. The maximum atomic E-state index is 8.36. The zero-order chi connectivity index (χ0) is 7.82. The highest BCUT2D eigenvalue weighted by atomic mass is 35.5. The molecule has 3 nitrogen and oxygen atoms in total. The van der Waals surface area contributed by atoms with E-state index >= 15 is 0 Å². The third-order valence-corrected chi connectivity index (χ3v) is 0.997. The number of imidazole rings is 1. The van der Waals surface area contributed by atoms with Gasteiger partial charge in [0.25, 0.3) is 0 Å². The van der Waals surface area contributed by atoms with Crippen molar-refractivity contribution in [2.24, 2.45) is 0 Å². The van der Waals surface area contributed by atoms with Crippen molar-refractivity contribution in [3.8, 4) is 0 Å². The number of aromatic nitrogens is 2. The molecule has 1 heterocycles. The third-order valence-electron chi connectivity index (χ3n) is 0.997. The van der Waals surface area contributed by atoms with Gasteiger partial charge in [0, 0.05) is 12.4 Å². The number of rotatable bonds is 1. The van der Waals surface area contributed by atoms with E-state index in [2.05, 4.69) is 9.97 Å². The van der Waals surface area contributed by atoms with Gasteiger partial charge in [-0.3, -0.25) is 0 Å². The van der Waals surface area contributed by atoms with Crippen LogP contribution in [0.15, 0.2) is 18.7 Å². The number of hydrogen-bond acceptors (Lipinski definition) is 2. The lowest BCUT2D eigenvalue weighted by atomic mass is 10.3. The van der Waals surface area contributed by atoms with Crippen LogP contribution in [0.5, 0.6) is 0 Å². The van der Waals surface area contributed by atoms with Gasteiger partial charge in [-0.2, -0.15) is 0 Å². The summed E-state index contributed by atoms with van der Waals surface area (Å²) in [5, 5.41) is 8.36. The summed E-state index contributed by atoms with van der Waals surface area (Å²) >= 11 is 0. The van der Waals surface area contributed by atoms with Crippen molar-refractivity contribution in [1.82, 2.24) is 9.97 Å². The molecule has 0 aliphatic rings. The molecule has 1 rings (SSSR count). The molecule has 0 amide bonds. The number of nitrogens with zero attached hydrogens (tertiary/aromatic N) is 1. The molecule has 0 spiro atoms. The number of halogens is 1. The van der Waals surface area contributed by atoms with Gasteiger partial charge in [0.2, 0.25) is 0 Å². The Labute approximate surface area is 73.3 Å². The second kappa shape index (κ2) is 9.46. The smallest absolute Gasteiger partial charge is 0.0919 e. The minimum atomic E-state index is -0.116. The second-order valence-electron chi connectivity index (χ2n) is 2.02. The summed E-state index contributed by atoms with van der Waals surface area (Å²) in [5.41, 5.74) is 0. The summed E-state index contributed by atoms with van der Waals surface area (Å²) in [5.74, 6) is 0. The third kappa shape index (κ3) is 12.6. The number of aromatic amines is 1. The van der Waals surface area contributed by atoms with E-state index < -0.39 is 0 Å². The normalized spacial score (nSPS) is 10.5. The van der Waals surface area contributed by atoms with E-state index in [1.54, 1.807) is 25.6 Å². The first kappa shape index (κ1) is 13.1. The maximum Gasteiger partial charge on any atom is 0.0919 e. The van der Waals surface area contributed by atoms with Crippen LogP contribution >= 0.6 is 12.4 Å². The number of aliphatic hydroxyl groups excluding tert-OH is 1. The molecule has 0 fully saturated rings. The second-order valence-corrected chi connectivity index (χ2v) is 2.02. The first-order valence-corrected chi connectivity index (χ1v) is 3.38. The standard InChI is InChI=1S/C4H10O.C3H4N2.ClH/c1-3-4(2)5;1-2-5-3-4-1;/h4-5H,3H2,1-2H3;1-3H,(H,4,5);1H. The van der Waals surface area contributed by atoms with E-state index in [-0.39, 0.29) is 18.5 Å². The summed E-state index contributed by atoms with van der Waals surface area (Å²) in [6, 6.07) is 0. The zero-order valence-electron chi connectivity index (χ0n) is 6.82. The largest absolute Gasteiger partial charge is 0.393 e. The van der Waals surface area contributed by atoms with E-state index in [0.717, 1.165) is 6.42 Å². The van der Waals surface area contributed by atoms with E-state index in [1.165, 1.54) is 0 Å². The topological polar surface area (TPSA) is 48.9 Å². The minimum Gasteiger partial charge on any atom is -0.393 e. The van der Waals surface area contributed by atoms with Gasteiger partial charge in [0.05, 0.1) is 12.4 Å². The van der Waals surface area contributed by atoms with E-state index in [4.69, 9.17) is 5.11 Å². The van der Waals surface area contributed by atoms with Crippen LogP contribution in [0.2, 0.25) is 0 Å². The Bertz CT molecular complexity index is 114. The lowest BCUT2D eigenvalue weighted by molar-refractivity contribution is 0.191. The van der Waals surface area contributed by atoms with Gasteiger partial charge in [-0.15, -0.1) is 12.4 Å². The average Bonchev–Trinajstić information content (AvgIpc) is 2.43. The molecule has 11 heavy (non-hydrogen) atoms. The van der Waals surface area contributed by atoms with Crippen molar-refractivity contribution in [3.05, 3.63) is 18.7 Å². The summed E-state index contributed by atoms with van der Waals surface area (Å²) in [6.45, 7) is 3.73. The van der Waals surface area contributed by atoms with Gasteiger partial charge in [-0.1, -0.05) is 6.92 Å². The van der Waals surface area contributed by atoms with Crippen LogP contribution in [0.4, 0.5) is 0 Å². The highest BCUT2D eigenvalue weighted by Gasteiger charge is 1.81. The van der Waals surface area contributed by atoms with Crippen molar-refractivity contribution < 1.29 is 5.11 Å². The zero-order valence-corrected chi connectivity index (χ0v) is 7.64. The van der Waals surface area contributed by atoms with Gasteiger partial charge >= 0.3 is 0 Å². The Morgan fingerprint density at radius 1 is 1.64 bits per heavy atom. The quantitative estimate of drug-likeness (QED) is 0.687. The predicted molar refractivity (Wildman–Crippen MR) is 47.8 cm³/mol. The molecule has 1 aromatic rings. The highest BCUT2D eigenvalue weighted by Crippen LogP contribution is 1.81. The Kier molecular flexibility index (Phi) is 11.2. The Hall–Kier alpha value is -0.540. The molecule has 0 saturated carbocycles. The minimum absolute atomic E-state index is 0. The molecular weight excluding hydrogens is 164 g/mol. The van der Waals surface area contributed by atoms with Crippen molar-refractivity contribution in [2.45, 2.75) is 26.4 Å². The van der Waals surface area contributed by atoms with Gasteiger partial charge in [0.15, 0.2) is 0 Å². The van der Waals surface area contributed by atoms with Gasteiger partial charge < -0.3 is 10.1 Å². The van der Waals surface area contributed by atoms with Gasteiger partial charge in [-0.05, 0) is 13.3 Å². The molecule has 0 bridgehead atoms.